The molecule has 2 amide bonds. The van der Waals surface area contributed by atoms with Crippen molar-refractivity contribution in [2.45, 2.75) is 19.4 Å². The minimum atomic E-state index is -0.358. The molecule has 0 fully saturated rings. The van der Waals surface area contributed by atoms with Crippen molar-refractivity contribution < 1.29 is 19.4 Å². The number of carbonyl (C=O) groups is 2. The standard InChI is InChI=1S/C16H22N2O4/c1-3-4-7-13(11-19)18-15(20)10-17-16(21)12-6-5-8-14(9-12)22-2/h3-6,8-9,13,19H,7,10-11H2,1-2H3,(H,17,21)(H,18,20)/b4-3+. The van der Waals surface area contributed by atoms with Crippen LogP contribution >= 0.6 is 0 Å². The monoisotopic (exact) mass is 306 g/mol. The van der Waals surface area contributed by atoms with Gasteiger partial charge in [-0.05, 0) is 31.5 Å². The van der Waals surface area contributed by atoms with E-state index in [1.807, 2.05) is 19.1 Å². The maximum atomic E-state index is 11.9. The minimum Gasteiger partial charge on any atom is -0.497 e. The number of methoxy groups -OCH3 is 1. The average Bonchev–Trinajstić information content (AvgIpc) is 2.56. The third-order valence-corrected chi connectivity index (χ3v) is 2.98. The van der Waals surface area contributed by atoms with Crippen LogP contribution in [0, 0.1) is 0 Å². The van der Waals surface area contributed by atoms with E-state index in [4.69, 9.17) is 9.84 Å². The number of aliphatic hydroxyl groups excluding tert-OH is 1. The minimum absolute atomic E-state index is 0.150. The molecule has 120 valence electrons. The van der Waals surface area contributed by atoms with Crippen LogP contribution in [0.1, 0.15) is 23.7 Å². The second kappa shape index (κ2) is 9.57. The van der Waals surface area contributed by atoms with E-state index in [2.05, 4.69) is 10.6 Å². The second-order valence-corrected chi connectivity index (χ2v) is 4.67. The molecule has 22 heavy (non-hydrogen) atoms. The first-order valence-corrected chi connectivity index (χ1v) is 7.04. The number of allylic oxidation sites excluding steroid dienone is 1. The van der Waals surface area contributed by atoms with Crippen LogP contribution in [0.5, 0.6) is 5.75 Å². The lowest BCUT2D eigenvalue weighted by molar-refractivity contribution is -0.121. The molecular formula is C16H22N2O4. The smallest absolute Gasteiger partial charge is 0.251 e. The maximum Gasteiger partial charge on any atom is 0.251 e. The van der Waals surface area contributed by atoms with Gasteiger partial charge in [0.15, 0.2) is 0 Å². The largest absolute Gasteiger partial charge is 0.497 e. The van der Waals surface area contributed by atoms with E-state index in [1.165, 1.54) is 7.11 Å². The fourth-order valence-electron chi connectivity index (χ4n) is 1.79. The third-order valence-electron chi connectivity index (χ3n) is 2.98. The number of benzene rings is 1. The van der Waals surface area contributed by atoms with Crippen LogP contribution < -0.4 is 15.4 Å². The molecule has 6 heteroatoms. The fourth-order valence-corrected chi connectivity index (χ4v) is 1.79. The van der Waals surface area contributed by atoms with Crippen LogP contribution in [-0.4, -0.2) is 43.2 Å². The molecule has 1 unspecified atom stereocenters. The van der Waals surface area contributed by atoms with Crippen molar-refractivity contribution in [3.05, 3.63) is 42.0 Å². The van der Waals surface area contributed by atoms with E-state index < -0.39 is 0 Å². The lowest BCUT2D eigenvalue weighted by Gasteiger charge is -2.14. The summed E-state index contributed by atoms with van der Waals surface area (Å²) in [6, 6.07) is 6.31. The van der Waals surface area contributed by atoms with Gasteiger partial charge in [-0.1, -0.05) is 18.2 Å². The Morgan fingerprint density at radius 1 is 1.41 bits per heavy atom. The Labute approximate surface area is 130 Å². The van der Waals surface area contributed by atoms with Gasteiger partial charge in [-0.25, -0.2) is 0 Å². The highest BCUT2D eigenvalue weighted by Gasteiger charge is 2.12. The van der Waals surface area contributed by atoms with Gasteiger partial charge in [0.1, 0.15) is 5.75 Å². The van der Waals surface area contributed by atoms with E-state index >= 15 is 0 Å². The normalized spacial score (nSPS) is 12.0. The van der Waals surface area contributed by atoms with Crippen molar-refractivity contribution in [2.24, 2.45) is 0 Å². The molecule has 0 saturated heterocycles. The number of amides is 2. The molecule has 0 bridgehead atoms. The first kappa shape index (κ1) is 17.7. The highest BCUT2D eigenvalue weighted by molar-refractivity contribution is 5.96. The summed E-state index contributed by atoms with van der Waals surface area (Å²) in [6.45, 7) is 1.56. The number of nitrogens with one attached hydrogen (secondary N) is 2. The quantitative estimate of drug-likeness (QED) is 0.622. The number of carbonyl (C=O) groups excluding carboxylic acids is 2. The summed E-state index contributed by atoms with van der Waals surface area (Å²) in [5.74, 6) is -0.133. The molecule has 6 nitrogen and oxygen atoms in total. The summed E-state index contributed by atoms with van der Waals surface area (Å²) in [5, 5.41) is 14.3. The molecule has 1 atom stereocenters. The van der Waals surface area contributed by atoms with Crippen molar-refractivity contribution in [1.29, 1.82) is 0 Å². The zero-order chi connectivity index (χ0) is 16.4. The zero-order valence-electron chi connectivity index (χ0n) is 12.8. The van der Waals surface area contributed by atoms with Gasteiger partial charge in [0, 0.05) is 5.56 Å². The SMILES string of the molecule is C/C=C/CC(CO)NC(=O)CNC(=O)c1cccc(OC)c1. The predicted molar refractivity (Wildman–Crippen MR) is 83.8 cm³/mol. The van der Waals surface area contributed by atoms with Crippen molar-refractivity contribution in [2.75, 3.05) is 20.3 Å². The molecule has 0 heterocycles. The summed E-state index contributed by atoms with van der Waals surface area (Å²) in [4.78, 5) is 23.7. The summed E-state index contributed by atoms with van der Waals surface area (Å²) in [6.07, 6.45) is 4.25. The van der Waals surface area contributed by atoms with Gasteiger partial charge in [-0.15, -0.1) is 0 Å². The van der Waals surface area contributed by atoms with Gasteiger partial charge in [0.25, 0.3) is 5.91 Å². The van der Waals surface area contributed by atoms with Crippen LogP contribution in [0.25, 0.3) is 0 Å². The summed E-state index contributed by atoms with van der Waals surface area (Å²) >= 11 is 0. The first-order valence-electron chi connectivity index (χ1n) is 7.04. The first-order chi connectivity index (χ1) is 10.6. The van der Waals surface area contributed by atoms with E-state index in [-0.39, 0.29) is 31.0 Å². The van der Waals surface area contributed by atoms with Crippen molar-refractivity contribution in [3.63, 3.8) is 0 Å². The number of hydrogen-bond acceptors (Lipinski definition) is 4. The fraction of sp³-hybridized carbons (Fsp3) is 0.375. The van der Waals surface area contributed by atoms with Crippen molar-refractivity contribution >= 4 is 11.8 Å². The van der Waals surface area contributed by atoms with Gasteiger partial charge in [-0.2, -0.15) is 0 Å². The Balaban J connectivity index is 2.47. The van der Waals surface area contributed by atoms with Gasteiger partial charge >= 0.3 is 0 Å². The van der Waals surface area contributed by atoms with E-state index in [9.17, 15) is 9.59 Å². The Bertz CT molecular complexity index is 529. The lowest BCUT2D eigenvalue weighted by atomic mass is 10.2. The topological polar surface area (TPSA) is 87.7 Å². The summed E-state index contributed by atoms with van der Waals surface area (Å²) < 4.78 is 5.04. The van der Waals surface area contributed by atoms with Gasteiger partial charge < -0.3 is 20.5 Å². The van der Waals surface area contributed by atoms with Crippen LogP contribution in [0.15, 0.2) is 36.4 Å². The Kier molecular flexibility index (Phi) is 7.70. The Hall–Kier alpha value is -2.34. The van der Waals surface area contributed by atoms with E-state index in [0.717, 1.165) is 0 Å². The number of rotatable bonds is 8. The van der Waals surface area contributed by atoms with Crippen LogP contribution in [-0.2, 0) is 4.79 Å². The van der Waals surface area contributed by atoms with E-state index in [1.54, 1.807) is 24.3 Å². The molecule has 1 aromatic rings. The molecule has 0 aliphatic rings. The molecule has 0 spiro atoms. The van der Waals surface area contributed by atoms with Crippen molar-refractivity contribution in [3.8, 4) is 5.75 Å². The van der Waals surface area contributed by atoms with Gasteiger partial charge in [0.05, 0.1) is 26.3 Å². The Morgan fingerprint density at radius 3 is 2.82 bits per heavy atom. The number of hydrogen-bond donors (Lipinski definition) is 3. The van der Waals surface area contributed by atoms with Crippen molar-refractivity contribution in [1.82, 2.24) is 10.6 Å². The van der Waals surface area contributed by atoms with Crippen LogP contribution in [0.2, 0.25) is 0 Å². The highest BCUT2D eigenvalue weighted by atomic mass is 16.5. The zero-order valence-corrected chi connectivity index (χ0v) is 12.8. The third kappa shape index (κ3) is 5.97. The molecular weight excluding hydrogens is 284 g/mol. The molecule has 1 rings (SSSR count). The lowest BCUT2D eigenvalue weighted by Crippen LogP contribution is -2.43. The Morgan fingerprint density at radius 2 is 2.18 bits per heavy atom. The van der Waals surface area contributed by atoms with Gasteiger partial charge in [0.2, 0.25) is 5.91 Å². The van der Waals surface area contributed by atoms with E-state index in [0.29, 0.717) is 17.7 Å². The molecule has 0 saturated carbocycles. The molecule has 3 N–H and O–H groups in total. The maximum absolute atomic E-state index is 11.9. The average molecular weight is 306 g/mol. The number of aliphatic hydroxyl groups is 1. The molecule has 0 aliphatic heterocycles. The number of ether oxygens (including phenoxy) is 1. The molecule has 1 aromatic carbocycles. The van der Waals surface area contributed by atoms with Crippen LogP contribution in [0.3, 0.4) is 0 Å². The summed E-state index contributed by atoms with van der Waals surface area (Å²) in [7, 11) is 1.52. The molecule has 0 aromatic heterocycles. The molecule has 0 radical (unpaired) electrons. The second-order valence-electron chi connectivity index (χ2n) is 4.67. The highest BCUT2D eigenvalue weighted by Crippen LogP contribution is 2.12. The predicted octanol–water partition coefficient (Wildman–Crippen LogP) is 0.868. The van der Waals surface area contributed by atoms with Crippen LogP contribution in [0.4, 0.5) is 0 Å². The summed E-state index contributed by atoms with van der Waals surface area (Å²) in [5.41, 5.74) is 0.416. The molecule has 0 aliphatic carbocycles. The van der Waals surface area contributed by atoms with Gasteiger partial charge in [-0.3, -0.25) is 9.59 Å².